The van der Waals surface area contributed by atoms with Crippen molar-refractivity contribution in [3.05, 3.63) is 77.5 Å². The van der Waals surface area contributed by atoms with Crippen molar-refractivity contribution < 1.29 is 36.2 Å². The van der Waals surface area contributed by atoms with Crippen LogP contribution in [0.2, 0.25) is 0 Å². The summed E-state index contributed by atoms with van der Waals surface area (Å²) >= 11 is 0. The van der Waals surface area contributed by atoms with E-state index in [4.69, 9.17) is 9.47 Å². The molecule has 2 heterocycles. The molecule has 1 aliphatic rings. The zero-order valence-electron chi connectivity index (χ0n) is 17.9. The maximum atomic E-state index is 14.1. The number of rotatable bonds is 7. The molecule has 178 valence electrons. The minimum atomic E-state index is -4.45. The molecule has 0 saturated carbocycles. The van der Waals surface area contributed by atoms with E-state index in [0.717, 1.165) is 12.1 Å². The highest BCUT2D eigenvalue weighted by atomic mass is 19.4. The van der Waals surface area contributed by atoms with Gasteiger partial charge in [0.25, 0.3) is 0 Å². The zero-order valence-corrected chi connectivity index (χ0v) is 17.9. The van der Waals surface area contributed by atoms with Crippen molar-refractivity contribution >= 4 is 5.90 Å². The van der Waals surface area contributed by atoms with Crippen molar-refractivity contribution in [1.82, 2.24) is 4.98 Å². The van der Waals surface area contributed by atoms with Crippen LogP contribution in [0.5, 0.6) is 11.6 Å². The van der Waals surface area contributed by atoms with E-state index in [1.807, 2.05) is 0 Å². The number of aromatic nitrogens is 1. The molecule has 1 unspecified atom stereocenters. The molecule has 4 rings (SSSR count). The summed E-state index contributed by atoms with van der Waals surface area (Å²) in [6.45, 7) is 0.810. The van der Waals surface area contributed by atoms with Crippen LogP contribution >= 0.6 is 0 Å². The van der Waals surface area contributed by atoms with E-state index in [9.17, 15) is 22.0 Å². The third-order valence-electron chi connectivity index (χ3n) is 4.95. The summed E-state index contributed by atoms with van der Waals surface area (Å²) in [5, 5.41) is 0. The molecule has 1 aromatic heterocycles. The molecule has 0 saturated heterocycles. The second-order valence-electron chi connectivity index (χ2n) is 7.33. The van der Waals surface area contributed by atoms with Crippen molar-refractivity contribution in [1.29, 1.82) is 0 Å². The average molecular weight is 478 g/mol. The third kappa shape index (κ3) is 5.27. The first-order chi connectivity index (χ1) is 16.2. The Morgan fingerprint density at radius 3 is 2.38 bits per heavy atom. The number of alkyl halides is 3. The fourth-order valence-electron chi connectivity index (χ4n) is 3.43. The lowest BCUT2D eigenvalue weighted by Gasteiger charge is -2.15. The smallest absolute Gasteiger partial charge is 0.422 e. The Bertz CT molecular complexity index is 1180. The molecule has 0 bridgehead atoms. The lowest BCUT2D eigenvalue weighted by atomic mass is 10.0. The van der Waals surface area contributed by atoms with Gasteiger partial charge in [-0.25, -0.2) is 18.8 Å². The van der Waals surface area contributed by atoms with Crippen molar-refractivity contribution in [2.24, 2.45) is 4.99 Å². The molecule has 0 fully saturated rings. The first-order valence-corrected chi connectivity index (χ1v) is 10.3. The maximum absolute atomic E-state index is 14.1. The first kappa shape index (κ1) is 23.5. The van der Waals surface area contributed by atoms with E-state index in [2.05, 4.69) is 14.7 Å². The number of hydrogen-bond acceptors (Lipinski definition) is 5. The quantitative estimate of drug-likeness (QED) is 0.398. The molecular formula is C24H19F5N2O3. The molecular weight excluding hydrogens is 459 g/mol. The summed E-state index contributed by atoms with van der Waals surface area (Å²) in [5.41, 5.74) is 1.67. The van der Waals surface area contributed by atoms with Gasteiger partial charge in [-0.05, 0) is 36.8 Å². The SMILES string of the molecule is CCOc1cc(-c2ccc(OCC(F)(F)F)nc2)ccc1C1COC(c2c(F)cccc2F)=N1. The van der Waals surface area contributed by atoms with E-state index in [1.165, 1.54) is 18.3 Å². The summed E-state index contributed by atoms with van der Waals surface area (Å²) in [4.78, 5) is 8.28. The number of aliphatic imine (C=N–C) groups is 1. The molecule has 1 atom stereocenters. The molecule has 5 nitrogen and oxygen atoms in total. The number of benzene rings is 2. The van der Waals surface area contributed by atoms with Crippen LogP contribution in [-0.2, 0) is 4.74 Å². The molecule has 34 heavy (non-hydrogen) atoms. The Morgan fingerprint density at radius 1 is 1.00 bits per heavy atom. The van der Waals surface area contributed by atoms with Gasteiger partial charge in [-0.2, -0.15) is 13.2 Å². The number of hydrogen-bond donors (Lipinski definition) is 0. The zero-order chi connectivity index (χ0) is 24.3. The van der Waals surface area contributed by atoms with Gasteiger partial charge in [-0.3, -0.25) is 0 Å². The largest absolute Gasteiger partial charge is 0.493 e. The van der Waals surface area contributed by atoms with Crippen molar-refractivity contribution in [2.75, 3.05) is 19.8 Å². The molecule has 1 aliphatic heterocycles. The molecule has 10 heteroatoms. The summed E-state index contributed by atoms with van der Waals surface area (Å²) in [6, 6.07) is 11.2. The molecule has 0 radical (unpaired) electrons. The van der Waals surface area contributed by atoms with Crippen LogP contribution in [0, 0.1) is 11.6 Å². The summed E-state index contributed by atoms with van der Waals surface area (Å²) < 4.78 is 81.0. The van der Waals surface area contributed by atoms with Gasteiger partial charge in [0, 0.05) is 23.4 Å². The second kappa shape index (κ2) is 9.66. The van der Waals surface area contributed by atoms with Crippen LogP contribution in [0.4, 0.5) is 22.0 Å². The Morgan fingerprint density at radius 2 is 1.74 bits per heavy atom. The lowest BCUT2D eigenvalue weighted by Crippen LogP contribution is -2.19. The monoisotopic (exact) mass is 478 g/mol. The third-order valence-corrected chi connectivity index (χ3v) is 4.95. The predicted molar refractivity (Wildman–Crippen MR) is 114 cm³/mol. The molecule has 0 amide bonds. The van der Waals surface area contributed by atoms with Crippen LogP contribution in [-0.4, -0.2) is 36.9 Å². The Labute approximate surface area is 191 Å². The van der Waals surface area contributed by atoms with E-state index < -0.39 is 30.5 Å². The van der Waals surface area contributed by atoms with Gasteiger partial charge < -0.3 is 14.2 Å². The van der Waals surface area contributed by atoms with Crippen LogP contribution < -0.4 is 9.47 Å². The highest BCUT2D eigenvalue weighted by Gasteiger charge is 2.29. The van der Waals surface area contributed by atoms with Crippen LogP contribution in [0.3, 0.4) is 0 Å². The Balaban J connectivity index is 1.58. The highest BCUT2D eigenvalue weighted by Crippen LogP contribution is 2.36. The van der Waals surface area contributed by atoms with E-state index in [-0.39, 0.29) is 23.9 Å². The molecule has 0 aliphatic carbocycles. The summed E-state index contributed by atoms with van der Waals surface area (Å²) in [6.07, 6.45) is -3.06. The van der Waals surface area contributed by atoms with Gasteiger partial charge in [0.05, 0.1) is 6.61 Å². The van der Waals surface area contributed by atoms with Gasteiger partial charge in [0.2, 0.25) is 11.8 Å². The average Bonchev–Trinajstić information content (AvgIpc) is 3.27. The van der Waals surface area contributed by atoms with E-state index >= 15 is 0 Å². The number of nitrogens with zero attached hydrogens (tertiary/aromatic N) is 2. The lowest BCUT2D eigenvalue weighted by molar-refractivity contribution is -0.154. The van der Waals surface area contributed by atoms with Gasteiger partial charge >= 0.3 is 6.18 Å². The number of pyridine rings is 1. The molecule has 0 N–H and O–H groups in total. The number of halogens is 5. The maximum Gasteiger partial charge on any atom is 0.422 e. The standard InChI is InChI=1S/C24H19F5N2O3/c1-2-32-20-10-14(15-7-9-21(30-11-15)34-13-24(27,28)29)6-8-16(20)19-12-33-23(31-19)22-17(25)4-3-5-18(22)26/h3-11,19H,2,12-13H2,1H3. The van der Waals surface area contributed by atoms with Gasteiger partial charge in [-0.1, -0.05) is 18.2 Å². The van der Waals surface area contributed by atoms with Crippen LogP contribution in [0.15, 0.2) is 59.7 Å². The summed E-state index contributed by atoms with van der Waals surface area (Å²) in [7, 11) is 0. The topological polar surface area (TPSA) is 52.9 Å². The summed E-state index contributed by atoms with van der Waals surface area (Å²) in [5.74, 6) is -1.31. The molecule has 2 aromatic carbocycles. The molecule has 3 aromatic rings. The fraction of sp³-hybridized carbons (Fsp3) is 0.250. The normalized spacial score (nSPS) is 15.6. The Kier molecular flexibility index (Phi) is 6.67. The second-order valence-corrected chi connectivity index (χ2v) is 7.33. The fourth-order valence-corrected chi connectivity index (χ4v) is 3.43. The van der Waals surface area contributed by atoms with Crippen molar-refractivity contribution in [3.8, 4) is 22.8 Å². The molecule has 0 spiro atoms. The highest BCUT2D eigenvalue weighted by molar-refractivity contribution is 5.95. The minimum absolute atomic E-state index is 0.0787. The first-order valence-electron chi connectivity index (χ1n) is 10.3. The van der Waals surface area contributed by atoms with Crippen LogP contribution in [0.25, 0.3) is 11.1 Å². The van der Waals surface area contributed by atoms with Crippen LogP contribution in [0.1, 0.15) is 24.1 Å². The van der Waals surface area contributed by atoms with Crippen molar-refractivity contribution in [2.45, 2.75) is 19.1 Å². The van der Waals surface area contributed by atoms with Crippen molar-refractivity contribution in [3.63, 3.8) is 0 Å². The minimum Gasteiger partial charge on any atom is -0.493 e. The predicted octanol–water partition coefficient (Wildman–Crippen LogP) is 5.88. The van der Waals surface area contributed by atoms with Gasteiger partial charge in [-0.15, -0.1) is 0 Å². The Hall–Kier alpha value is -3.69. The van der Waals surface area contributed by atoms with Gasteiger partial charge in [0.15, 0.2) is 6.61 Å². The van der Waals surface area contributed by atoms with Gasteiger partial charge in [0.1, 0.15) is 35.6 Å². The van der Waals surface area contributed by atoms with E-state index in [1.54, 1.807) is 31.2 Å². The number of ether oxygens (including phenoxy) is 3. The van der Waals surface area contributed by atoms with E-state index in [0.29, 0.717) is 29.0 Å².